The molecule has 2 aromatic heterocycles. The third-order valence-electron chi connectivity index (χ3n) is 4.09. The van der Waals surface area contributed by atoms with Crippen molar-refractivity contribution in [3.63, 3.8) is 0 Å². The van der Waals surface area contributed by atoms with Crippen LogP contribution in [-0.4, -0.2) is 14.6 Å². The van der Waals surface area contributed by atoms with Gasteiger partial charge in [-0.1, -0.05) is 36.4 Å². The number of aromatic nitrogens is 3. The predicted molar refractivity (Wildman–Crippen MR) is 106 cm³/mol. The van der Waals surface area contributed by atoms with Gasteiger partial charge in [0, 0.05) is 11.4 Å². The summed E-state index contributed by atoms with van der Waals surface area (Å²) in [6, 6.07) is 22.8. The minimum Gasteiger partial charge on any atom is -0.382 e. The average molecular weight is 366 g/mol. The fraction of sp³-hybridized carbons (Fsp3) is 0. The van der Waals surface area contributed by atoms with Gasteiger partial charge in [-0.15, -0.1) is 5.10 Å². The summed E-state index contributed by atoms with van der Waals surface area (Å²) in [6.07, 6.45) is 0. The first kappa shape index (κ1) is 16.9. The number of nitrogen functional groups attached to an aromatic ring is 1. The van der Waals surface area contributed by atoms with Crippen LogP contribution in [0, 0.1) is 22.7 Å². The van der Waals surface area contributed by atoms with E-state index in [4.69, 9.17) is 5.73 Å². The molecule has 0 saturated heterocycles. The molecule has 0 unspecified atom stereocenters. The summed E-state index contributed by atoms with van der Waals surface area (Å²) in [5.41, 5.74) is 8.15. The Morgan fingerprint density at radius 1 is 0.821 bits per heavy atom. The highest BCUT2D eigenvalue weighted by Crippen LogP contribution is 2.30. The zero-order chi connectivity index (χ0) is 19.5. The van der Waals surface area contributed by atoms with Crippen molar-refractivity contribution in [2.45, 2.75) is 0 Å². The SMILES string of the molecule is N#Cc1c(N)nc2c(C#N)c(Nc3ccccc3)nn2c1Nc1ccccc1. The minimum absolute atomic E-state index is 0.0242. The Balaban J connectivity index is 1.92. The lowest BCUT2D eigenvalue weighted by molar-refractivity contribution is 0.949. The maximum Gasteiger partial charge on any atom is 0.179 e. The molecule has 0 aliphatic heterocycles. The van der Waals surface area contributed by atoms with Gasteiger partial charge in [-0.3, -0.25) is 0 Å². The van der Waals surface area contributed by atoms with E-state index in [9.17, 15) is 10.5 Å². The quantitative estimate of drug-likeness (QED) is 0.504. The smallest absolute Gasteiger partial charge is 0.179 e. The van der Waals surface area contributed by atoms with Crippen LogP contribution in [-0.2, 0) is 0 Å². The zero-order valence-corrected chi connectivity index (χ0v) is 14.6. The van der Waals surface area contributed by atoms with Crippen LogP contribution in [0.15, 0.2) is 60.7 Å². The molecular formula is C20H14N8. The van der Waals surface area contributed by atoms with Gasteiger partial charge < -0.3 is 16.4 Å². The second kappa shape index (κ2) is 6.98. The van der Waals surface area contributed by atoms with Crippen LogP contribution in [0.2, 0.25) is 0 Å². The fourth-order valence-corrected chi connectivity index (χ4v) is 2.80. The van der Waals surface area contributed by atoms with Crippen LogP contribution >= 0.6 is 0 Å². The van der Waals surface area contributed by atoms with E-state index in [1.54, 1.807) is 0 Å². The number of nitrogens with one attached hydrogen (secondary N) is 2. The predicted octanol–water partition coefficient (Wildman–Crippen LogP) is 3.54. The van der Waals surface area contributed by atoms with Crippen LogP contribution in [0.4, 0.5) is 28.8 Å². The molecule has 0 bridgehead atoms. The Bertz CT molecular complexity index is 1230. The first-order valence-electron chi connectivity index (χ1n) is 8.38. The Kier molecular flexibility index (Phi) is 4.21. The van der Waals surface area contributed by atoms with Crippen LogP contribution in [0.5, 0.6) is 0 Å². The number of para-hydroxylation sites is 2. The molecule has 4 rings (SSSR count). The molecule has 4 aromatic rings. The zero-order valence-electron chi connectivity index (χ0n) is 14.6. The van der Waals surface area contributed by atoms with Crippen LogP contribution < -0.4 is 16.4 Å². The number of fused-ring (bicyclic) bond motifs is 1. The molecule has 28 heavy (non-hydrogen) atoms. The van der Waals surface area contributed by atoms with Crippen molar-refractivity contribution in [1.82, 2.24) is 14.6 Å². The number of benzene rings is 2. The van der Waals surface area contributed by atoms with E-state index < -0.39 is 0 Å². The van der Waals surface area contributed by atoms with E-state index in [1.165, 1.54) is 4.52 Å². The third kappa shape index (κ3) is 2.91. The molecule has 0 fully saturated rings. The van der Waals surface area contributed by atoms with E-state index in [-0.39, 0.29) is 22.6 Å². The molecule has 4 N–H and O–H groups in total. The van der Waals surface area contributed by atoms with E-state index in [0.29, 0.717) is 11.6 Å². The fourth-order valence-electron chi connectivity index (χ4n) is 2.80. The number of nitrogens with two attached hydrogens (primary N) is 1. The summed E-state index contributed by atoms with van der Waals surface area (Å²) in [5.74, 6) is 0.691. The highest BCUT2D eigenvalue weighted by molar-refractivity contribution is 5.79. The Morgan fingerprint density at radius 2 is 1.39 bits per heavy atom. The molecule has 2 heterocycles. The summed E-state index contributed by atoms with van der Waals surface area (Å²) in [6.45, 7) is 0. The number of anilines is 5. The van der Waals surface area contributed by atoms with Crippen LogP contribution in [0.3, 0.4) is 0 Å². The van der Waals surface area contributed by atoms with Gasteiger partial charge >= 0.3 is 0 Å². The molecule has 134 valence electrons. The van der Waals surface area contributed by atoms with E-state index >= 15 is 0 Å². The highest BCUT2D eigenvalue weighted by atomic mass is 15.3. The number of nitrogens with zero attached hydrogens (tertiary/aromatic N) is 5. The van der Waals surface area contributed by atoms with Gasteiger partial charge in [-0.25, -0.2) is 4.98 Å². The maximum absolute atomic E-state index is 9.67. The molecule has 0 saturated carbocycles. The Hall–Kier alpha value is -4.56. The Morgan fingerprint density at radius 3 is 1.96 bits per heavy atom. The van der Waals surface area contributed by atoms with Gasteiger partial charge in [0.2, 0.25) is 0 Å². The van der Waals surface area contributed by atoms with E-state index in [1.807, 2.05) is 60.7 Å². The molecular weight excluding hydrogens is 352 g/mol. The van der Waals surface area contributed by atoms with Gasteiger partial charge in [-0.2, -0.15) is 15.0 Å². The lowest BCUT2D eigenvalue weighted by atomic mass is 10.2. The molecule has 0 radical (unpaired) electrons. The summed E-state index contributed by atoms with van der Waals surface area (Å²) < 4.78 is 1.42. The molecule has 8 nitrogen and oxygen atoms in total. The standard InChI is InChI=1S/C20H14N8/c21-11-15-17(23)26-20-16(12-22)18(24-13-7-3-1-4-8-13)27-28(20)19(15)25-14-9-5-2-6-10-14/h1-10,25H,(H2,23,26)(H,24,27). The third-order valence-corrected chi connectivity index (χ3v) is 4.09. The van der Waals surface area contributed by atoms with Gasteiger partial charge in [0.25, 0.3) is 0 Å². The second-order valence-corrected chi connectivity index (χ2v) is 5.89. The summed E-state index contributed by atoms with van der Waals surface area (Å²) in [4.78, 5) is 4.24. The summed E-state index contributed by atoms with van der Waals surface area (Å²) >= 11 is 0. The van der Waals surface area contributed by atoms with Crippen molar-refractivity contribution < 1.29 is 0 Å². The number of rotatable bonds is 4. The topological polar surface area (TPSA) is 128 Å². The molecule has 0 atom stereocenters. The van der Waals surface area contributed by atoms with Crippen LogP contribution in [0.1, 0.15) is 11.1 Å². The highest BCUT2D eigenvalue weighted by Gasteiger charge is 2.21. The van der Waals surface area contributed by atoms with Gasteiger partial charge in [0.05, 0.1) is 0 Å². The first-order valence-corrected chi connectivity index (χ1v) is 8.38. The summed E-state index contributed by atoms with van der Waals surface area (Å²) in [7, 11) is 0. The normalized spacial score (nSPS) is 10.2. The number of nitriles is 2. The van der Waals surface area contributed by atoms with Crippen molar-refractivity contribution in [3.8, 4) is 12.1 Å². The van der Waals surface area contributed by atoms with Crippen molar-refractivity contribution >= 4 is 34.5 Å². The molecule has 8 heteroatoms. The first-order chi connectivity index (χ1) is 13.7. The van der Waals surface area contributed by atoms with E-state index in [2.05, 4.69) is 32.9 Å². The number of hydrogen-bond donors (Lipinski definition) is 3. The van der Waals surface area contributed by atoms with Crippen molar-refractivity contribution in [1.29, 1.82) is 10.5 Å². The number of hydrogen-bond acceptors (Lipinski definition) is 7. The molecule has 0 aliphatic carbocycles. The van der Waals surface area contributed by atoms with Crippen molar-refractivity contribution in [3.05, 3.63) is 71.8 Å². The summed E-state index contributed by atoms with van der Waals surface area (Å²) in [5, 5.41) is 30.0. The van der Waals surface area contributed by atoms with E-state index in [0.717, 1.165) is 11.4 Å². The van der Waals surface area contributed by atoms with Crippen LogP contribution in [0.25, 0.3) is 5.65 Å². The maximum atomic E-state index is 9.67. The molecule has 2 aromatic carbocycles. The monoisotopic (exact) mass is 366 g/mol. The largest absolute Gasteiger partial charge is 0.382 e. The van der Waals surface area contributed by atoms with Crippen molar-refractivity contribution in [2.75, 3.05) is 16.4 Å². The lowest BCUT2D eigenvalue weighted by Gasteiger charge is -2.11. The second-order valence-electron chi connectivity index (χ2n) is 5.89. The Labute approximate surface area is 160 Å². The van der Waals surface area contributed by atoms with Crippen molar-refractivity contribution in [2.24, 2.45) is 0 Å². The lowest BCUT2D eigenvalue weighted by Crippen LogP contribution is -2.08. The van der Waals surface area contributed by atoms with Gasteiger partial charge in [0.15, 0.2) is 17.3 Å². The minimum atomic E-state index is 0.0242. The van der Waals surface area contributed by atoms with Gasteiger partial charge in [0.1, 0.15) is 29.1 Å². The molecule has 0 amide bonds. The van der Waals surface area contributed by atoms with Gasteiger partial charge in [-0.05, 0) is 24.3 Å². The average Bonchev–Trinajstić information content (AvgIpc) is 3.06. The molecule has 0 aliphatic rings. The molecule has 0 spiro atoms.